The van der Waals surface area contributed by atoms with Gasteiger partial charge in [0.15, 0.2) is 11.5 Å². The van der Waals surface area contributed by atoms with Crippen LogP contribution in [0.15, 0.2) is 12.1 Å². The van der Waals surface area contributed by atoms with Crippen molar-refractivity contribution in [3.05, 3.63) is 23.2 Å². The molecular weight excluding hydrogens is 276 g/mol. The maximum Gasteiger partial charge on any atom is 0.160 e. The summed E-state index contributed by atoms with van der Waals surface area (Å²) in [6.07, 6.45) is 0.677. The van der Waals surface area contributed by atoms with Crippen molar-refractivity contribution in [3.63, 3.8) is 0 Å². The number of hydrogen-bond donors (Lipinski definition) is 2. The van der Waals surface area contributed by atoms with Crippen molar-refractivity contribution in [2.45, 2.75) is 57.4 Å². The Hall–Kier alpha value is -1.22. The van der Waals surface area contributed by atoms with Gasteiger partial charge in [0.25, 0.3) is 0 Å². The van der Waals surface area contributed by atoms with Gasteiger partial charge in [0.1, 0.15) is 0 Å². The molecule has 0 unspecified atom stereocenters. The van der Waals surface area contributed by atoms with E-state index in [-0.39, 0.29) is 41.3 Å². The Labute approximate surface area is 137 Å². The van der Waals surface area contributed by atoms with Crippen molar-refractivity contribution in [2.24, 2.45) is 17.3 Å². The number of phenols is 1. The SMILES string of the molecule is [2H]c1c(O)c(OC)c([2H])c2c1CC[C@@H]1[C@@H]2CC[C@@]2(C)[C@H]1CC([2H])([2H])[C@@H]2O. The molecule has 0 amide bonds. The largest absolute Gasteiger partial charge is 0.504 e. The summed E-state index contributed by atoms with van der Waals surface area (Å²) in [4.78, 5) is 0. The third-order valence-electron chi connectivity index (χ3n) is 6.39. The van der Waals surface area contributed by atoms with E-state index in [1.165, 1.54) is 7.11 Å². The maximum atomic E-state index is 10.6. The van der Waals surface area contributed by atoms with Gasteiger partial charge in [0, 0.05) is 2.74 Å². The molecule has 0 saturated heterocycles. The van der Waals surface area contributed by atoms with Gasteiger partial charge in [0.05, 0.1) is 16.0 Å². The Morgan fingerprint density at radius 3 is 2.95 bits per heavy atom. The molecule has 3 aliphatic rings. The predicted octanol–water partition coefficient (Wildman–Crippen LogP) is 3.62. The second-order valence-electron chi connectivity index (χ2n) is 7.29. The van der Waals surface area contributed by atoms with E-state index in [1.807, 2.05) is 6.92 Å². The van der Waals surface area contributed by atoms with Crippen LogP contribution in [0.2, 0.25) is 0 Å². The van der Waals surface area contributed by atoms with E-state index < -0.39 is 17.9 Å². The molecule has 5 atom stereocenters. The summed E-state index contributed by atoms with van der Waals surface area (Å²) in [6.45, 7) is 2.01. The molecule has 2 fully saturated rings. The van der Waals surface area contributed by atoms with Gasteiger partial charge in [-0.3, -0.25) is 0 Å². The van der Waals surface area contributed by atoms with E-state index in [4.69, 9.17) is 10.2 Å². The molecule has 2 N–H and O–H groups in total. The summed E-state index contributed by atoms with van der Waals surface area (Å²) < 4.78 is 38.5. The van der Waals surface area contributed by atoms with Crippen LogP contribution in [0.25, 0.3) is 0 Å². The summed E-state index contributed by atoms with van der Waals surface area (Å²) in [5.74, 6) is 0.107. The van der Waals surface area contributed by atoms with Crippen molar-refractivity contribution in [1.82, 2.24) is 0 Å². The smallest absolute Gasteiger partial charge is 0.160 e. The van der Waals surface area contributed by atoms with Gasteiger partial charge in [-0.05, 0) is 84.9 Å². The standard InChI is InChI=1S/C19H26O3/c1-19-8-7-12-13(15(19)5-6-18(19)21)4-3-11-9-16(20)17(22-2)10-14(11)12/h9-10,12-13,15,18,20-21H,3-8H2,1-2H3/t12-,13+,15-,18-,19-/m0/s1/i6D2,9D,10D. The van der Waals surface area contributed by atoms with Crippen LogP contribution < -0.4 is 4.74 Å². The molecule has 1 aromatic carbocycles. The minimum absolute atomic E-state index is 0.0569. The van der Waals surface area contributed by atoms with E-state index in [2.05, 4.69) is 0 Å². The van der Waals surface area contributed by atoms with Gasteiger partial charge >= 0.3 is 0 Å². The molecule has 3 aliphatic carbocycles. The lowest BCUT2D eigenvalue weighted by molar-refractivity contribution is -0.0226. The number of aromatic hydroxyl groups is 1. The fourth-order valence-corrected chi connectivity index (χ4v) is 5.09. The molecule has 120 valence electrons. The van der Waals surface area contributed by atoms with Gasteiger partial charge in [0.2, 0.25) is 0 Å². The molecule has 0 radical (unpaired) electrons. The summed E-state index contributed by atoms with van der Waals surface area (Å²) in [5, 5.41) is 20.8. The zero-order chi connectivity index (χ0) is 19.0. The number of fused-ring (bicyclic) bond motifs is 5. The summed E-state index contributed by atoms with van der Waals surface area (Å²) in [5.41, 5.74) is 1.10. The Bertz CT molecular complexity index is 766. The lowest BCUT2D eigenvalue weighted by atomic mass is 9.55. The molecule has 4 rings (SSSR count). The first-order chi connectivity index (χ1) is 12.1. The zero-order valence-electron chi connectivity index (χ0n) is 17.1. The molecule has 0 bridgehead atoms. The molecule has 2 saturated carbocycles. The van der Waals surface area contributed by atoms with Crippen LogP contribution in [0.4, 0.5) is 0 Å². The van der Waals surface area contributed by atoms with Crippen LogP contribution >= 0.6 is 0 Å². The van der Waals surface area contributed by atoms with Crippen molar-refractivity contribution in [2.75, 3.05) is 7.11 Å². The lowest BCUT2D eigenvalue weighted by Crippen LogP contribution is -2.43. The molecule has 0 spiro atoms. The first-order valence-corrected chi connectivity index (χ1v) is 8.20. The van der Waals surface area contributed by atoms with Crippen molar-refractivity contribution in [1.29, 1.82) is 0 Å². The second kappa shape index (κ2) is 4.89. The molecule has 0 aromatic heterocycles. The molecule has 0 heterocycles. The van der Waals surface area contributed by atoms with Crippen molar-refractivity contribution >= 4 is 0 Å². The van der Waals surface area contributed by atoms with E-state index in [0.29, 0.717) is 19.3 Å². The minimum Gasteiger partial charge on any atom is -0.504 e. The Morgan fingerprint density at radius 2 is 2.18 bits per heavy atom. The normalized spacial score (nSPS) is 44.7. The monoisotopic (exact) mass is 306 g/mol. The quantitative estimate of drug-likeness (QED) is 0.833. The fourth-order valence-electron chi connectivity index (χ4n) is 5.09. The van der Waals surface area contributed by atoms with Crippen LogP contribution in [0.1, 0.15) is 61.5 Å². The summed E-state index contributed by atoms with van der Waals surface area (Å²) >= 11 is 0. The Balaban J connectivity index is 1.82. The average molecular weight is 306 g/mol. The van der Waals surface area contributed by atoms with Crippen LogP contribution in [0.3, 0.4) is 0 Å². The summed E-state index contributed by atoms with van der Waals surface area (Å²) in [7, 11) is 1.40. The first kappa shape index (κ1) is 10.5. The maximum absolute atomic E-state index is 10.6. The van der Waals surface area contributed by atoms with Crippen LogP contribution in [-0.4, -0.2) is 23.4 Å². The van der Waals surface area contributed by atoms with Gasteiger partial charge < -0.3 is 14.9 Å². The van der Waals surface area contributed by atoms with Crippen LogP contribution in [-0.2, 0) is 6.42 Å². The van der Waals surface area contributed by atoms with Crippen LogP contribution in [0.5, 0.6) is 11.5 Å². The number of aliphatic hydroxyl groups excluding tert-OH is 1. The van der Waals surface area contributed by atoms with Gasteiger partial charge in [-0.1, -0.05) is 6.92 Å². The number of benzene rings is 1. The number of aliphatic hydroxyl groups is 1. The van der Waals surface area contributed by atoms with Gasteiger partial charge in [-0.15, -0.1) is 0 Å². The number of phenolic OH excluding ortho intramolecular Hbond substituents is 1. The average Bonchev–Trinajstić information content (AvgIpc) is 2.79. The van der Waals surface area contributed by atoms with Crippen molar-refractivity contribution in [3.8, 4) is 11.5 Å². The third kappa shape index (κ3) is 1.84. The second-order valence-corrected chi connectivity index (χ2v) is 7.29. The van der Waals surface area contributed by atoms with Crippen LogP contribution in [0, 0.1) is 17.3 Å². The van der Waals surface area contributed by atoms with Gasteiger partial charge in [-0.25, -0.2) is 0 Å². The highest BCUT2D eigenvalue weighted by atomic mass is 16.5. The Kier molecular flexibility index (Phi) is 2.34. The highest BCUT2D eigenvalue weighted by Crippen LogP contribution is 2.61. The highest BCUT2D eigenvalue weighted by molar-refractivity contribution is 5.49. The highest BCUT2D eigenvalue weighted by Gasteiger charge is 2.54. The topological polar surface area (TPSA) is 49.7 Å². The molecule has 3 nitrogen and oxygen atoms in total. The van der Waals surface area contributed by atoms with E-state index in [1.54, 1.807) is 0 Å². The summed E-state index contributed by atoms with van der Waals surface area (Å²) in [6, 6.07) is 0.220. The zero-order valence-corrected chi connectivity index (χ0v) is 13.1. The molecule has 22 heavy (non-hydrogen) atoms. The minimum atomic E-state index is -1.58. The fraction of sp³-hybridized carbons (Fsp3) is 0.684. The predicted molar refractivity (Wildman–Crippen MR) is 85.3 cm³/mol. The van der Waals surface area contributed by atoms with Gasteiger partial charge in [-0.2, -0.15) is 0 Å². The van der Waals surface area contributed by atoms with E-state index >= 15 is 0 Å². The number of ether oxygens (including phenoxy) is 1. The number of rotatable bonds is 1. The molecular formula is C19H26O3. The first-order valence-electron chi connectivity index (χ1n) is 10.2. The molecule has 1 aromatic rings. The Morgan fingerprint density at radius 1 is 1.36 bits per heavy atom. The third-order valence-corrected chi connectivity index (χ3v) is 6.39. The number of hydrogen-bond acceptors (Lipinski definition) is 3. The molecule has 0 aliphatic heterocycles. The van der Waals surface area contributed by atoms with E-state index in [9.17, 15) is 10.2 Å². The number of methoxy groups -OCH3 is 1. The molecule has 3 heteroatoms. The van der Waals surface area contributed by atoms with Crippen molar-refractivity contribution < 1.29 is 20.4 Å². The van der Waals surface area contributed by atoms with E-state index in [0.717, 1.165) is 24.0 Å². The lowest BCUT2D eigenvalue weighted by Gasteiger charge is -2.50.